The minimum absolute atomic E-state index is 0.0437. The van der Waals surface area contributed by atoms with Crippen molar-refractivity contribution in [1.82, 2.24) is 14.6 Å². The molecule has 1 atom stereocenters. The zero-order valence-electron chi connectivity index (χ0n) is 28.0. The van der Waals surface area contributed by atoms with Crippen molar-refractivity contribution in [3.05, 3.63) is 83.2 Å². The van der Waals surface area contributed by atoms with Crippen molar-refractivity contribution in [2.24, 2.45) is 5.92 Å². The lowest BCUT2D eigenvalue weighted by molar-refractivity contribution is -0.118. The largest absolute Gasteiger partial charge is 0.496 e. The highest BCUT2D eigenvalue weighted by Gasteiger charge is 2.18. The first-order chi connectivity index (χ1) is 20.1. The van der Waals surface area contributed by atoms with E-state index in [2.05, 4.69) is 48.2 Å². The van der Waals surface area contributed by atoms with Crippen LogP contribution in [0.3, 0.4) is 0 Å². The summed E-state index contributed by atoms with van der Waals surface area (Å²) in [7, 11) is 1.66. The number of hydrogen-bond acceptors (Lipinski definition) is 5. The Kier molecular flexibility index (Phi) is 19.1. The number of ketones is 2. The summed E-state index contributed by atoms with van der Waals surface area (Å²) in [6, 6.07) is 18.1. The second-order valence-corrected chi connectivity index (χ2v) is 9.39. The molecule has 0 saturated carbocycles. The maximum atomic E-state index is 12.4. The molecule has 0 aliphatic heterocycles. The highest BCUT2D eigenvalue weighted by atomic mass is 16.5. The minimum Gasteiger partial charge on any atom is -0.496 e. The molecule has 0 bridgehead atoms. The van der Waals surface area contributed by atoms with E-state index in [1.54, 1.807) is 23.9 Å². The molecule has 230 valence electrons. The van der Waals surface area contributed by atoms with Gasteiger partial charge in [0.25, 0.3) is 0 Å². The summed E-state index contributed by atoms with van der Waals surface area (Å²) in [6.45, 7) is 21.9. The molecule has 4 rings (SSSR count). The number of hydrogen-bond donors (Lipinski definition) is 0. The van der Waals surface area contributed by atoms with E-state index >= 15 is 0 Å². The van der Waals surface area contributed by atoms with Crippen molar-refractivity contribution in [2.75, 3.05) is 7.11 Å². The number of rotatable bonds is 7. The van der Waals surface area contributed by atoms with Gasteiger partial charge in [-0.2, -0.15) is 5.10 Å². The number of carbonyl (C=O) groups excluding carboxylic acids is 2. The van der Waals surface area contributed by atoms with Crippen molar-refractivity contribution < 1.29 is 14.3 Å². The van der Waals surface area contributed by atoms with E-state index in [4.69, 9.17) is 4.74 Å². The second-order valence-electron chi connectivity index (χ2n) is 9.39. The fourth-order valence-electron chi connectivity index (χ4n) is 3.54. The van der Waals surface area contributed by atoms with Gasteiger partial charge in [-0.1, -0.05) is 103 Å². The van der Waals surface area contributed by atoms with E-state index in [-0.39, 0.29) is 11.7 Å². The van der Waals surface area contributed by atoms with Gasteiger partial charge in [-0.25, -0.2) is 9.50 Å². The summed E-state index contributed by atoms with van der Waals surface area (Å²) in [5, 5.41) is 4.50. The smallest absolute Gasteiger partial charge is 0.185 e. The molecule has 0 amide bonds. The van der Waals surface area contributed by atoms with E-state index < -0.39 is 0 Å². The fraction of sp³-hybridized carbons (Fsp3) is 0.444. The Hall–Kier alpha value is -3.80. The lowest BCUT2D eigenvalue weighted by atomic mass is 10.0. The van der Waals surface area contributed by atoms with Crippen LogP contribution in [0, 0.1) is 26.7 Å². The van der Waals surface area contributed by atoms with Gasteiger partial charge in [-0.05, 0) is 44.9 Å². The number of benzene rings is 2. The zero-order chi connectivity index (χ0) is 32.2. The molecule has 2 heterocycles. The van der Waals surface area contributed by atoms with E-state index in [0.29, 0.717) is 30.0 Å². The van der Waals surface area contributed by atoms with Crippen molar-refractivity contribution in [2.45, 2.75) is 95.4 Å². The van der Waals surface area contributed by atoms with Crippen molar-refractivity contribution in [1.29, 1.82) is 0 Å². The van der Waals surface area contributed by atoms with Gasteiger partial charge in [0.1, 0.15) is 17.2 Å². The number of aromatic nitrogens is 3. The molecule has 0 aliphatic rings. The monoisotopic (exact) mass is 575 g/mol. The number of nitrogens with zero attached hydrogens (tertiary/aromatic N) is 3. The molecule has 0 spiro atoms. The van der Waals surface area contributed by atoms with E-state index in [1.807, 2.05) is 86.6 Å². The molecule has 4 aromatic rings. The van der Waals surface area contributed by atoms with Gasteiger partial charge in [-0.15, -0.1) is 0 Å². The van der Waals surface area contributed by atoms with Crippen LogP contribution in [0.25, 0.3) is 16.9 Å². The Labute approximate surface area is 254 Å². The lowest BCUT2D eigenvalue weighted by Gasteiger charge is -2.09. The molecule has 0 N–H and O–H groups in total. The summed E-state index contributed by atoms with van der Waals surface area (Å²) < 4.78 is 7.13. The summed E-state index contributed by atoms with van der Waals surface area (Å²) in [4.78, 5) is 26.9. The summed E-state index contributed by atoms with van der Waals surface area (Å²) in [5.41, 5.74) is 6.70. The number of Topliss-reactive ketones (excluding diaryl/α,β-unsaturated/α-hetero) is 2. The molecular weight excluding hydrogens is 522 g/mol. The van der Waals surface area contributed by atoms with Gasteiger partial charge >= 0.3 is 0 Å². The Bertz CT molecular complexity index is 1310. The van der Waals surface area contributed by atoms with Gasteiger partial charge in [0.15, 0.2) is 11.4 Å². The van der Waals surface area contributed by atoms with Crippen molar-refractivity contribution in [3.8, 4) is 17.0 Å². The predicted molar refractivity (Wildman–Crippen MR) is 178 cm³/mol. The van der Waals surface area contributed by atoms with Crippen LogP contribution in [0.4, 0.5) is 0 Å². The van der Waals surface area contributed by atoms with Crippen LogP contribution in [0.5, 0.6) is 5.75 Å². The van der Waals surface area contributed by atoms with Crippen LogP contribution in [0.2, 0.25) is 0 Å². The normalized spacial score (nSPS) is 10.3. The molecule has 6 heteroatoms. The van der Waals surface area contributed by atoms with Crippen LogP contribution in [-0.4, -0.2) is 33.3 Å². The Morgan fingerprint density at radius 2 is 1.38 bits per heavy atom. The Balaban J connectivity index is 0.000000766. The highest BCUT2D eigenvalue weighted by molar-refractivity contribution is 5.96. The molecule has 2 aromatic heterocycles. The van der Waals surface area contributed by atoms with Gasteiger partial charge in [-0.3, -0.25) is 9.59 Å². The SMILES string of the molecule is CC.CC.CCC(=O)CC.CCC(C)C(=O)c1cc2nccc(-c3ccc(C)c(OC)c3)n2n1.Cc1ccc(C)cc1. The third kappa shape index (κ3) is 12.0. The van der Waals surface area contributed by atoms with Crippen LogP contribution in [-0.2, 0) is 4.79 Å². The third-order valence-corrected chi connectivity index (χ3v) is 6.38. The molecule has 0 radical (unpaired) electrons. The first kappa shape index (κ1) is 38.2. The highest BCUT2D eigenvalue weighted by Crippen LogP contribution is 2.27. The van der Waals surface area contributed by atoms with Crippen LogP contribution < -0.4 is 4.74 Å². The van der Waals surface area contributed by atoms with Crippen molar-refractivity contribution in [3.63, 3.8) is 0 Å². The maximum absolute atomic E-state index is 12.4. The molecule has 42 heavy (non-hydrogen) atoms. The molecule has 0 aliphatic carbocycles. The van der Waals surface area contributed by atoms with E-state index in [0.717, 1.165) is 29.0 Å². The minimum atomic E-state index is -0.0437. The van der Waals surface area contributed by atoms with Gasteiger partial charge < -0.3 is 4.74 Å². The number of methoxy groups -OCH3 is 1. The topological polar surface area (TPSA) is 73.6 Å². The second kappa shape index (κ2) is 21.0. The van der Waals surface area contributed by atoms with E-state index in [9.17, 15) is 9.59 Å². The van der Waals surface area contributed by atoms with Gasteiger partial charge in [0, 0.05) is 36.6 Å². The molecule has 0 saturated heterocycles. The van der Waals surface area contributed by atoms with Gasteiger partial charge in [0.2, 0.25) is 0 Å². The van der Waals surface area contributed by atoms with Crippen molar-refractivity contribution >= 4 is 17.2 Å². The molecular formula is C36H53N3O3. The summed E-state index contributed by atoms with van der Waals surface area (Å²) >= 11 is 0. The Morgan fingerprint density at radius 1 is 0.833 bits per heavy atom. The first-order valence-corrected chi connectivity index (χ1v) is 15.2. The van der Waals surface area contributed by atoms with Gasteiger partial charge in [0.05, 0.1) is 12.8 Å². The summed E-state index contributed by atoms with van der Waals surface area (Å²) in [6.07, 6.45) is 3.91. The molecule has 0 fully saturated rings. The predicted octanol–water partition coefficient (Wildman–Crippen LogP) is 9.67. The van der Waals surface area contributed by atoms with Crippen LogP contribution in [0.1, 0.15) is 102 Å². The number of carbonyl (C=O) groups is 2. The summed E-state index contributed by atoms with van der Waals surface area (Å²) in [5.74, 6) is 1.17. The number of aryl methyl sites for hydroxylation is 3. The standard InChI is InChI=1S/C19H21N3O2.C8H10.C5H10O.2C2H6/c1-5-12(2)19(23)15-11-18-20-9-8-16(22(18)21-15)14-7-6-13(3)17(10-14)24-4;1-7-3-5-8(2)6-4-7;1-3-5(6)4-2;2*1-2/h6-12H,5H2,1-4H3;3-6H,1-2H3;3-4H2,1-2H3;2*1-2H3. The lowest BCUT2D eigenvalue weighted by Crippen LogP contribution is -2.11. The average Bonchev–Trinajstić information content (AvgIpc) is 3.49. The number of ether oxygens (including phenoxy) is 1. The van der Waals surface area contributed by atoms with Crippen LogP contribution >= 0.6 is 0 Å². The molecule has 6 nitrogen and oxygen atoms in total. The Morgan fingerprint density at radius 3 is 1.83 bits per heavy atom. The molecule has 1 unspecified atom stereocenters. The fourth-order valence-corrected chi connectivity index (χ4v) is 3.54. The van der Waals surface area contributed by atoms with E-state index in [1.165, 1.54) is 11.1 Å². The zero-order valence-corrected chi connectivity index (χ0v) is 28.0. The molecule has 2 aromatic carbocycles. The van der Waals surface area contributed by atoms with Crippen LogP contribution in [0.15, 0.2) is 60.8 Å². The quantitative estimate of drug-likeness (QED) is 0.205. The number of fused-ring (bicyclic) bond motifs is 1. The average molecular weight is 576 g/mol. The maximum Gasteiger partial charge on any atom is 0.185 e. The third-order valence-electron chi connectivity index (χ3n) is 6.38. The first-order valence-electron chi connectivity index (χ1n) is 15.2.